The van der Waals surface area contributed by atoms with E-state index >= 15 is 0 Å². The summed E-state index contributed by atoms with van der Waals surface area (Å²) in [6.07, 6.45) is 14.7. The molecule has 4 rings (SSSR count). The molecular formula is C40H53N2O6S2+. The Hall–Kier alpha value is -3.60. The van der Waals surface area contributed by atoms with E-state index in [9.17, 15) is 26.2 Å². The molecule has 0 saturated carbocycles. The molecule has 2 heterocycles. The minimum atomic E-state index is -4.37. The number of benzene rings is 2. The van der Waals surface area contributed by atoms with Crippen molar-refractivity contribution in [1.29, 1.82) is 0 Å². The van der Waals surface area contributed by atoms with Crippen LogP contribution in [0.4, 0.5) is 11.4 Å². The average molecular weight is 722 g/mol. The number of unbranched alkanes of at least 4 members (excludes halogenated alkanes) is 2. The SMILES string of the molecule is C=CS(=O)(=O)CCCC(=O)CCCCCN1/C(=C/C=C/C=C/C2=[N+](CCC)c3ccc(C)cc3C2(C)C)C(C)(C)c2cc(S(=O)(=O)O)ccc21. The van der Waals surface area contributed by atoms with Crippen molar-refractivity contribution in [2.75, 3.05) is 23.7 Å². The third kappa shape index (κ3) is 8.82. The number of aryl methyl sites for hydroxylation is 1. The first-order valence-corrected chi connectivity index (χ1v) is 20.7. The highest BCUT2D eigenvalue weighted by Gasteiger charge is 2.44. The molecule has 2 aliphatic rings. The van der Waals surface area contributed by atoms with Crippen LogP contribution >= 0.6 is 0 Å². The van der Waals surface area contributed by atoms with E-state index in [-0.39, 0.29) is 28.3 Å². The first kappa shape index (κ1) is 39.2. The summed E-state index contributed by atoms with van der Waals surface area (Å²) in [6.45, 7) is 17.9. The molecular weight excluding hydrogens is 669 g/mol. The number of nitrogens with zero attached hydrogens (tertiary/aromatic N) is 2. The van der Waals surface area contributed by atoms with Crippen molar-refractivity contribution >= 4 is 42.8 Å². The van der Waals surface area contributed by atoms with Gasteiger partial charge in [-0.05, 0) is 75.9 Å². The Morgan fingerprint density at radius 2 is 1.62 bits per heavy atom. The maximum absolute atomic E-state index is 12.3. The van der Waals surface area contributed by atoms with E-state index in [0.717, 1.165) is 48.2 Å². The summed E-state index contributed by atoms with van der Waals surface area (Å²) in [7, 11) is -7.67. The molecule has 10 heteroatoms. The highest BCUT2D eigenvalue weighted by molar-refractivity contribution is 7.94. The molecule has 270 valence electrons. The van der Waals surface area contributed by atoms with Gasteiger partial charge in [-0.25, -0.2) is 8.42 Å². The molecule has 0 bridgehead atoms. The summed E-state index contributed by atoms with van der Waals surface area (Å²) in [4.78, 5) is 14.4. The molecule has 0 atom stereocenters. The number of ketones is 1. The molecule has 0 spiro atoms. The van der Waals surface area contributed by atoms with Crippen LogP contribution in [0.5, 0.6) is 0 Å². The van der Waals surface area contributed by atoms with Crippen LogP contribution in [0.15, 0.2) is 89.4 Å². The molecule has 0 saturated heterocycles. The van der Waals surface area contributed by atoms with Gasteiger partial charge in [-0.15, -0.1) is 0 Å². The summed E-state index contributed by atoms with van der Waals surface area (Å²) < 4.78 is 59.5. The van der Waals surface area contributed by atoms with Crippen LogP contribution in [-0.2, 0) is 35.6 Å². The quantitative estimate of drug-likeness (QED) is 0.0757. The summed E-state index contributed by atoms with van der Waals surface area (Å²) >= 11 is 0. The molecule has 1 N–H and O–H groups in total. The van der Waals surface area contributed by atoms with Gasteiger partial charge < -0.3 is 4.90 Å². The molecule has 2 aliphatic heterocycles. The van der Waals surface area contributed by atoms with Crippen LogP contribution in [-0.4, -0.2) is 56.3 Å². The lowest BCUT2D eigenvalue weighted by Gasteiger charge is -2.27. The van der Waals surface area contributed by atoms with Crippen molar-refractivity contribution in [1.82, 2.24) is 0 Å². The number of sulfone groups is 1. The smallest absolute Gasteiger partial charge is 0.294 e. The Morgan fingerprint density at radius 1 is 0.900 bits per heavy atom. The second-order valence-corrected chi connectivity index (χ2v) is 17.9. The maximum Gasteiger partial charge on any atom is 0.294 e. The molecule has 8 nitrogen and oxygen atoms in total. The van der Waals surface area contributed by atoms with Gasteiger partial charge in [0.05, 0.1) is 16.1 Å². The normalized spacial score (nSPS) is 17.7. The van der Waals surface area contributed by atoms with Crippen molar-refractivity contribution < 1.29 is 30.8 Å². The Labute approximate surface area is 299 Å². The number of allylic oxidation sites excluding steroid dienone is 6. The summed E-state index contributed by atoms with van der Waals surface area (Å²) in [5.74, 6) is -0.00215. The lowest BCUT2D eigenvalue weighted by Crippen LogP contribution is -2.27. The maximum atomic E-state index is 12.3. The second kappa shape index (κ2) is 15.7. The highest BCUT2D eigenvalue weighted by Crippen LogP contribution is 2.48. The Morgan fingerprint density at radius 3 is 2.30 bits per heavy atom. The van der Waals surface area contributed by atoms with Gasteiger partial charge in [-0.2, -0.15) is 13.0 Å². The Balaban J connectivity index is 1.52. The fourth-order valence-corrected chi connectivity index (χ4v) is 8.34. The topological polar surface area (TPSA) is 112 Å². The number of rotatable bonds is 17. The van der Waals surface area contributed by atoms with Crippen molar-refractivity contribution in [2.45, 2.75) is 102 Å². The van der Waals surface area contributed by atoms with E-state index in [2.05, 4.69) is 94.0 Å². The number of carbonyl (C=O) groups is 1. The summed E-state index contributed by atoms with van der Waals surface area (Å²) in [5, 5.41) is 0.935. The van der Waals surface area contributed by atoms with E-state index in [1.807, 2.05) is 12.2 Å². The predicted octanol–water partition coefficient (Wildman–Crippen LogP) is 8.29. The van der Waals surface area contributed by atoms with E-state index in [1.54, 1.807) is 12.1 Å². The monoisotopic (exact) mass is 721 g/mol. The molecule has 0 radical (unpaired) electrons. The summed E-state index contributed by atoms with van der Waals surface area (Å²) in [5.41, 5.74) is 7.16. The molecule has 0 fully saturated rings. The van der Waals surface area contributed by atoms with Gasteiger partial charge in [0, 0.05) is 65.7 Å². The van der Waals surface area contributed by atoms with Gasteiger partial charge in [-0.3, -0.25) is 9.35 Å². The minimum absolute atomic E-state index is 0.0596. The van der Waals surface area contributed by atoms with Crippen LogP contribution in [0.2, 0.25) is 0 Å². The second-order valence-electron chi connectivity index (χ2n) is 14.4. The first-order chi connectivity index (χ1) is 23.4. The number of hydrogen-bond acceptors (Lipinski definition) is 6. The summed E-state index contributed by atoms with van der Waals surface area (Å²) in [6, 6.07) is 11.4. The number of anilines is 1. The van der Waals surface area contributed by atoms with E-state index in [4.69, 9.17) is 0 Å². The van der Waals surface area contributed by atoms with Crippen LogP contribution in [0.25, 0.3) is 0 Å². The number of hydrogen-bond donors (Lipinski definition) is 1. The Bertz CT molecular complexity index is 1970. The molecule has 0 aromatic heterocycles. The van der Waals surface area contributed by atoms with Gasteiger partial charge in [0.2, 0.25) is 5.69 Å². The van der Waals surface area contributed by atoms with E-state index in [0.29, 0.717) is 25.8 Å². The zero-order chi connectivity index (χ0) is 36.9. The lowest BCUT2D eigenvalue weighted by atomic mass is 9.81. The van der Waals surface area contributed by atoms with Gasteiger partial charge in [-0.1, -0.05) is 63.6 Å². The van der Waals surface area contributed by atoms with Crippen LogP contribution < -0.4 is 4.90 Å². The lowest BCUT2D eigenvalue weighted by molar-refractivity contribution is -0.437. The van der Waals surface area contributed by atoms with Gasteiger partial charge in [0.15, 0.2) is 15.5 Å². The van der Waals surface area contributed by atoms with Crippen molar-refractivity contribution in [3.63, 3.8) is 0 Å². The highest BCUT2D eigenvalue weighted by atomic mass is 32.2. The molecule has 0 amide bonds. The fourth-order valence-electron chi connectivity index (χ4n) is 7.12. The predicted molar refractivity (Wildman–Crippen MR) is 204 cm³/mol. The average Bonchev–Trinajstić information content (AvgIpc) is 3.38. The standard InChI is InChI=1S/C40H52N2O6S2/c1-8-25-41-35-23-21-30(3)28-33(35)39(4,5)37(41)19-13-10-14-20-38-40(6,7)34-29-32(50(46,47)48)22-24-36(34)42(38)26-15-11-12-17-31(43)18-16-27-49(44,45)9-2/h9-10,13-14,19-24,28-29H,2,8,11-12,15-18,25-27H2,1,3-7H3/p+1. The number of fused-ring (bicyclic) bond motifs is 2. The number of Topliss-reactive ketones (excluding diaryl/α,β-unsaturated/α-hetero) is 1. The third-order valence-electron chi connectivity index (χ3n) is 9.86. The van der Waals surface area contributed by atoms with Gasteiger partial charge in [0.1, 0.15) is 12.3 Å². The van der Waals surface area contributed by atoms with Gasteiger partial charge >= 0.3 is 0 Å². The third-order valence-corrected chi connectivity index (χ3v) is 12.1. The molecule has 0 aliphatic carbocycles. The van der Waals surface area contributed by atoms with Crippen LogP contribution in [0, 0.1) is 6.92 Å². The molecule has 2 aromatic rings. The van der Waals surface area contributed by atoms with E-state index < -0.39 is 25.4 Å². The Kier molecular flexibility index (Phi) is 12.3. The zero-order valence-electron chi connectivity index (χ0n) is 30.4. The molecule has 50 heavy (non-hydrogen) atoms. The van der Waals surface area contributed by atoms with Crippen molar-refractivity contribution in [3.05, 3.63) is 101 Å². The van der Waals surface area contributed by atoms with E-state index in [1.165, 1.54) is 28.6 Å². The number of carbonyl (C=O) groups excluding carboxylic acids is 1. The molecule has 2 aromatic carbocycles. The van der Waals surface area contributed by atoms with Crippen molar-refractivity contribution in [3.8, 4) is 0 Å². The molecule has 0 unspecified atom stereocenters. The van der Waals surface area contributed by atoms with Crippen LogP contribution in [0.3, 0.4) is 0 Å². The minimum Gasteiger partial charge on any atom is -0.344 e. The zero-order valence-corrected chi connectivity index (χ0v) is 32.0. The first-order valence-electron chi connectivity index (χ1n) is 17.5. The van der Waals surface area contributed by atoms with Crippen molar-refractivity contribution in [2.24, 2.45) is 0 Å². The largest absolute Gasteiger partial charge is 0.344 e. The van der Waals surface area contributed by atoms with Gasteiger partial charge in [0.25, 0.3) is 10.1 Å². The van der Waals surface area contributed by atoms with Crippen LogP contribution in [0.1, 0.15) is 96.3 Å². The fraction of sp³-hybridized carbons (Fsp3) is 0.450.